The summed E-state index contributed by atoms with van der Waals surface area (Å²) in [7, 11) is 0. The van der Waals surface area contributed by atoms with Crippen molar-refractivity contribution in [3.05, 3.63) is 35.6 Å². The van der Waals surface area contributed by atoms with Crippen molar-refractivity contribution in [1.29, 1.82) is 0 Å². The molecule has 132 valence electrons. The van der Waals surface area contributed by atoms with Gasteiger partial charge in [0.1, 0.15) is 5.82 Å². The van der Waals surface area contributed by atoms with E-state index in [0.717, 1.165) is 44.2 Å². The Hall–Kier alpha value is -1.42. The van der Waals surface area contributed by atoms with Gasteiger partial charge in [-0.2, -0.15) is 0 Å². The standard InChI is InChI=1S/C20H29FN2O/c21-17-11-9-16(10-12-17)14-19-8-5-13-23(19)15-20(24)22-18-6-3-1-2-4-7-18/h9-12,18-19H,1-8,13-15H2,(H,22,24). The van der Waals surface area contributed by atoms with Crippen LogP contribution in [0.5, 0.6) is 0 Å². The van der Waals surface area contributed by atoms with E-state index in [1.807, 2.05) is 12.1 Å². The fraction of sp³-hybridized carbons (Fsp3) is 0.650. The molecule has 1 aromatic carbocycles. The van der Waals surface area contributed by atoms with Gasteiger partial charge in [0.2, 0.25) is 5.91 Å². The number of nitrogens with one attached hydrogen (secondary N) is 1. The zero-order valence-corrected chi connectivity index (χ0v) is 14.5. The van der Waals surface area contributed by atoms with Gasteiger partial charge >= 0.3 is 0 Å². The van der Waals surface area contributed by atoms with Crippen LogP contribution in [-0.2, 0) is 11.2 Å². The summed E-state index contributed by atoms with van der Waals surface area (Å²) in [6.07, 6.45) is 10.5. The summed E-state index contributed by atoms with van der Waals surface area (Å²) in [6.45, 7) is 1.49. The zero-order valence-electron chi connectivity index (χ0n) is 14.5. The third kappa shape index (κ3) is 5.04. The lowest BCUT2D eigenvalue weighted by molar-refractivity contribution is -0.123. The number of likely N-dealkylation sites (tertiary alicyclic amines) is 1. The van der Waals surface area contributed by atoms with E-state index in [4.69, 9.17) is 0 Å². The first-order chi connectivity index (χ1) is 11.7. The molecule has 1 aliphatic carbocycles. The minimum atomic E-state index is -0.190. The van der Waals surface area contributed by atoms with Crippen molar-refractivity contribution in [3.63, 3.8) is 0 Å². The van der Waals surface area contributed by atoms with Crippen molar-refractivity contribution < 1.29 is 9.18 Å². The quantitative estimate of drug-likeness (QED) is 0.835. The molecule has 0 spiro atoms. The predicted molar refractivity (Wildman–Crippen MR) is 94.3 cm³/mol. The number of halogens is 1. The highest BCUT2D eigenvalue weighted by atomic mass is 19.1. The smallest absolute Gasteiger partial charge is 0.234 e. The number of carbonyl (C=O) groups excluding carboxylic acids is 1. The number of benzene rings is 1. The average molecular weight is 332 g/mol. The molecule has 2 fully saturated rings. The van der Waals surface area contributed by atoms with Gasteiger partial charge in [-0.3, -0.25) is 9.69 Å². The molecule has 4 heteroatoms. The summed E-state index contributed by atoms with van der Waals surface area (Å²) in [5.41, 5.74) is 1.15. The number of amides is 1. The molecule has 1 unspecified atom stereocenters. The van der Waals surface area contributed by atoms with Gasteiger partial charge < -0.3 is 5.32 Å². The van der Waals surface area contributed by atoms with Crippen LogP contribution in [0.2, 0.25) is 0 Å². The van der Waals surface area contributed by atoms with E-state index in [-0.39, 0.29) is 11.7 Å². The Labute approximate surface area is 144 Å². The maximum Gasteiger partial charge on any atom is 0.234 e. The van der Waals surface area contributed by atoms with Gasteiger partial charge in [-0.05, 0) is 56.3 Å². The summed E-state index contributed by atoms with van der Waals surface area (Å²) in [4.78, 5) is 14.7. The Bertz CT molecular complexity index is 523. The molecule has 1 aliphatic heterocycles. The van der Waals surface area contributed by atoms with Crippen molar-refractivity contribution >= 4 is 5.91 Å². The number of rotatable bonds is 5. The SMILES string of the molecule is O=C(CN1CCCC1Cc1ccc(F)cc1)NC1CCCCCC1. The van der Waals surface area contributed by atoms with Crippen LogP contribution in [0, 0.1) is 5.82 Å². The minimum Gasteiger partial charge on any atom is -0.352 e. The van der Waals surface area contributed by atoms with Gasteiger partial charge in [-0.25, -0.2) is 4.39 Å². The fourth-order valence-corrected chi connectivity index (χ4v) is 4.11. The van der Waals surface area contributed by atoms with E-state index in [2.05, 4.69) is 10.2 Å². The van der Waals surface area contributed by atoms with E-state index < -0.39 is 0 Å². The van der Waals surface area contributed by atoms with Crippen molar-refractivity contribution in [2.45, 2.75) is 69.9 Å². The summed E-state index contributed by atoms with van der Waals surface area (Å²) in [5.74, 6) is -0.0160. The van der Waals surface area contributed by atoms with Crippen LogP contribution >= 0.6 is 0 Å². The van der Waals surface area contributed by atoms with E-state index >= 15 is 0 Å². The lowest BCUT2D eigenvalue weighted by atomic mass is 10.0. The Morgan fingerprint density at radius 2 is 1.75 bits per heavy atom. The van der Waals surface area contributed by atoms with Crippen molar-refractivity contribution in [1.82, 2.24) is 10.2 Å². The lowest BCUT2D eigenvalue weighted by Crippen LogP contribution is -2.44. The molecule has 0 aromatic heterocycles. The molecule has 3 nitrogen and oxygen atoms in total. The van der Waals surface area contributed by atoms with Gasteiger partial charge in [0.25, 0.3) is 0 Å². The Morgan fingerprint density at radius 1 is 1.04 bits per heavy atom. The molecule has 24 heavy (non-hydrogen) atoms. The lowest BCUT2D eigenvalue weighted by Gasteiger charge is -2.25. The highest BCUT2D eigenvalue weighted by Crippen LogP contribution is 2.21. The topological polar surface area (TPSA) is 32.3 Å². The molecular formula is C20H29FN2O. The monoisotopic (exact) mass is 332 g/mol. The molecule has 1 aromatic rings. The molecule has 1 atom stereocenters. The van der Waals surface area contributed by atoms with Gasteiger partial charge in [0.15, 0.2) is 0 Å². The Morgan fingerprint density at radius 3 is 2.46 bits per heavy atom. The van der Waals surface area contributed by atoms with Gasteiger partial charge in [0, 0.05) is 12.1 Å². The molecular weight excluding hydrogens is 303 g/mol. The Kier molecular flexibility index (Phi) is 6.24. The molecule has 1 heterocycles. The number of hydrogen-bond donors (Lipinski definition) is 1. The molecule has 1 N–H and O–H groups in total. The van der Waals surface area contributed by atoms with Crippen LogP contribution in [0.15, 0.2) is 24.3 Å². The highest BCUT2D eigenvalue weighted by molar-refractivity contribution is 5.78. The molecule has 2 aliphatic rings. The van der Waals surface area contributed by atoms with E-state index in [1.165, 1.54) is 37.8 Å². The van der Waals surface area contributed by atoms with Crippen LogP contribution in [0.25, 0.3) is 0 Å². The minimum absolute atomic E-state index is 0.174. The molecule has 0 radical (unpaired) electrons. The second-order valence-corrected chi connectivity index (χ2v) is 7.35. The number of nitrogens with zero attached hydrogens (tertiary/aromatic N) is 1. The zero-order chi connectivity index (χ0) is 16.8. The van der Waals surface area contributed by atoms with Gasteiger partial charge in [-0.1, -0.05) is 37.8 Å². The third-order valence-corrected chi connectivity index (χ3v) is 5.45. The van der Waals surface area contributed by atoms with Crippen LogP contribution < -0.4 is 5.32 Å². The fourth-order valence-electron chi connectivity index (χ4n) is 4.11. The van der Waals surface area contributed by atoms with Crippen molar-refractivity contribution in [2.24, 2.45) is 0 Å². The van der Waals surface area contributed by atoms with E-state index in [0.29, 0.717) is 18.6 Å². The maximum absolute atomic E-state index is 13.0. The highest BCUT2D eigenvalue weighted by Gasteiger charge is 2.27. The predicted octanol–water partition coefficient (Wildman–Crippen LogP) is 3.67. The first kappa shape index (κ1) is 17.4. The van der Waals surface area contributed by atoms with Crippen LogP contribution in [-0.4, -0.2) is 36.0 Å². The first-order valence-corrected chi connectivity index (χ1v) is 9.48. The summed E-state index contributed by atoms with van der Waals surface area (Å²) in [6, 6.07) is 7.53. The molecule has 1 amide bonds. The largest absolute Gasteiger partial charge is 0.352 e. The Balaban J connectivity index is 1.49. The molecule has 1 saturated carbocycles. The van der Waals surface area contributed by atoms with Crippen LogP contribution in [0.1, 0.15) is 56.9 Å². The van der Waals surface area contributed by atoms with Crippen molar-refractivity contribution in [2.75, 3.05) is 13.1 Å². The molecule has 3 rings (SSSR count). The summed E-state index contributed by atoms with van der Waals surface area (Å²) < 4.78 is 13.0. The maximum atomic E-state index is 13.0. The van der Waals surface area contributed by atoms with Crippen LogP contribution in [0.4, 0.5) is 4.39 Å². The summed E-state index contributed by atoms with van der Waals surface area (Å²) in [5, 5.41) is 3.25. The van der Waals surface area contributed by atoms with Crippen molar-refractivity contribution in [3.8, 4) is 0 Å². The average Bonchev–Trinajstić information content (AvgIpc) is 2.82. The van der Waals surface area contributed by atoms with E-state index in [1.54, 1.807) is 0 Å². The van der Waals surface area contributed by atoms with Gasteiger partial charge in [-0.15, -0.1) is 0 Å². The second kappa shape index (κ2) is 8.61. The number of carbonyl (C=O) groups is 1. The van der Waals surface area contributed by atoms with E-state index in [9.17, 15) is 9.18 Å². The molecule has 1 saturated heterocycles. The second-order valence-electron chi connectivity index (χ2n) is 7.35. The number of hydrogen-bond acceptors (Lipinski definition) is 2. The van der Waals surface area contributed by atoms with Gasteiger partial charge in [0.05, 0.1) is 6.54 Å². The third-order valence-electron chi connectivity index (χ3n) is 5.45. The summed E-state index contributed by atoms with van der Waals surface area (Å²) >= 11 is 0. The van der Waals surface area contributed by atoms with Crippen LogP contribution in [0.3, 0.4) is 0 Å². The molecule has 0 bridgehead atoms. The first-order valence-electron chi connectivity index (χ1n) is 9.48. The normalized spacial score (nSPS) is 23.1.